The quantitative estimate of drug-likeness (QED) is 0.871. The van der Waals surface area contributed by atoms with Gasteiger partial charge in [-0.05, 0) is 37.3 Å². The largest absolute Gasteiger partial charge is 0.363 e. The fraction of sp³-hybridized carbons (Fsp3) is 0.471. The average molecular weight is 295 g/mol. The Hall–Kier alpha value is -2.17. The zero-order valence-corrected chi connectivity index (χ0v) is 13.1. The summed E-state index contributed by atoms with van der Waals surface area (Å²) in [4.78, 5) is 18.0. The minimum Gasteiger partial charge on any atom is -0.363 e. The number of fused-ring (bicyclic) bond motifs is 2. The highest BCUT2D eigenvalue weighted by molar-refractivity contribution is 5.62. The van der Waals surface area contributed by atoms with E-state index in [1.807, 2.05) is 43.7 Å². The summed E-state index contributed by atoms with van der Waals surface area (Å²) in [5.74, 6) is 2.69. The third kappa shape index (κ3) is 2.30. The fourth-order valence-corrected chi connectivity index (χ4v) is 3.61. The van der Waals surface area contributed by atoms with Crippen molar-refractivity contribution in [2.75, 3.05) is 30.4 Å². The number of hydrogen-bond donors (Lipinski definition) is 0. The van der Waals surface area contributed by atoms with Gasteiger partial charge in [-0.3, -0.25) is 0 Å². The van der Waals surface area contributed by atoms with Crippen molar-refractivity contribution < 1.29 is 0 Å². The molecule has 2 aromatic rings. The number of piperidine rings is 1. The molecule has 0 spiro atoms. The van der Waals surface area contributed by atoms with Crippen molar-refractivity contribution in [1.82, 2.24) is 15.0 Å². The maximum atomic E-state index is 4.59. The van der Waals surface area contributed by atoms with E-state index in [9.17, 15) is 0 Å². The van der Waals surface area contributed by atoms with Crippen molar-refractivity contribution in [3.8, 4) is 11.1 Å². The number of pyridine rings is 1. The van der Waals surface area contributed by atoms with E-state index in [1.54, 1.807) is 0 Å². The van der Waals surface area contributed by atoms with Gasteiger partial charge in [-0.1, -0.05) is 0 Å². The number of rotatable bonds is 3. The van der Waals surface area contributed by atoms with Crippen molar-refractivity contribution in [3.63, 3.8) is 0 Å². The molecule has 1 saturated heterocycles. The smallest absolute Gasteiger partial charge is 0.225 e. The standard InChI is InChI=1S/C17H21N5/c1-21(2)16-6-4-13(8-18-16)14-9-19-17(20-10-14)22-11-12-3-5-15(22)7-12/h4,6,8-10,12,15H,3,5,7,11H2,1-2H3. The molecule has 2 unspecified atom stereocenters. The maximum absolute atomic E-state index is 4.59. The molecule has 2 bridgehead atoms. The van der Waals surface area contributed by atoms with Crippen LogP contribution in [0.3, 0.4) is 0 Å². The van der Waals surface area contributed by atoms with Gasteiger partial charge < -0.3 is 9.80 Å². The third-order valence-corrected chi connectivity index (χ3v) is 4.84. The summed E-state index contributed by atoms with van der Waals surface area (Å²) in [6.45, 7) is 1.13. The van der Waals surface area contributed by atoms with Crippen molar-refractivity contribution in [2.24, 2.45) is 5.92 Å². The predicted octanol–water partition coefficient (Wildman–Crippen LogP) is 2.59. The molecule has 0 aromatic carbocycles. The summed E-state index contributed by atoms with van der Waals surface area (Å²) < 4.78 is 0. The molecule has 1 saturated carbocycles. The van der Waals surface area contributed by atoms with Crippen LogP contribution < -0.4 is 9.80 Å². The molecular formula is C17H21N5. The molecule has 3 heterocycles. The van der Waals surface area contributed by atoms with Crippen molar-refractivity contribution >= 4 is 11.8 Å². The van der Waals surface area contributed by atoms with Gasteiger partial charge in [0, 0.05) is 56.4 Å². The van der Waals surface area contributed by atoms with Gasteiger partial charge in [0.2, 0.25) is 5.95 Å². The van der Waals surface area contributed by atoms with Crippen LogP contribution in [0.4, 0.5) is 11.8 Å². The monoisotopic (exact) mass is 295 g/mol. The Morgan fingerprint density at radius 2 is 1.77 bits per heavy atom. The molecule has 2 fully saturated rings. The van der Waals surface area contributed by atoms with Crippen molar-refractivity contribution in [2.45, 2.75) is 25.3 Å². The summed E-state index contributed by atoms with van der Waals surface area (Å²) in [7, 11) is 3.98. The molecule has 2 aliphatic rings. The van der Waals surface area contributed by atoms with Gasteiger partial charge in [0.1, 0.15) is 5.82 Å². The first-order valence-corrected chi connectivity index (χ1v) is 7.93. The van der Waals surface area contributed by atoms with E-state index in [0.717, 1.165) is 35.4 Å². The van der Waals surface area contributed by atoms with Gasteiger partial charge in [0.15, 0.2) is 0 Å². The summed E-state index contributed by atoms with van der Waals surface area (Å²) in [5, 5.41) is 0. The van der Waals surface area contributed by atoms with Crippen LogP contribution >= 0.6 is 0 Å². The first-order valence-electron chi connectivity index (χ1n) is 7.93. The lowest BCUT2D eigenvalue weighted by atomic mass is 10.1. The van der Waals surface area contributed by atoms with Gasteiger partial charge in [0.05, 0.1) is 0 Å². The minimum atomic E-state index is 0.664. The van der Waals surface area contributed by atoms with E-state index in [2.05, 4.69) is 25.9 Å². The lowest BCUT2D eigenvalue weighted by molar-refractivity contribution is 0.546. The second-order valence-corrected chi connectivity index (χ2v) is 6.56. The number of anilines is 2. The molecule has 0 N–H and O–H groups in total. The van der Waals surface area contributed by atoms with E-state index < -0.39 is 0 Å². The fourth-order valence-electron chi connectivity index (χ4n) is 3.61. The minimum absolute atomic E-state index is 0.664. The van der Waals surface area contributed by atoms with Gasteiger partial charge in [-0.15, -0.1) is 0 Å². The zero-order chi connectivity index (χ0) is 15.1. The van der Waals surface area contributed by atoms with Crippen LogP contribution in [0.15, 0.2) is 30.7 Å². The van der Waals surface area contributed by atoms with Gasteiger partial charge in [-0.2, -0.15) is 0 Å². The Labute approximate surface area is 131 Å². The molecule has 1 aliphatic heterocycles. The average Bonchev–Trinajstić information content (AvgIpc) is 3.18. The molecule has 2 aromatic heterocycles. The molecule has 0 radical (unpaired) electrons. The van der Waals surface area contributed by atoms with Crippen LogP contribution in [0.5, 0.6) is 0 Å². The van der Waals surface area contributed by atoms with Crippen molar-refractivity contribution in [3.05, 3.63) is 30.7 Å². The summed E-state index contributed by atoms with van der Waals surface area (Å²) in [5.41, 5.74) is 2.08. The topological polar surface area (TPSA) is 45.2 Å². The Bertz CT molecular complexity index is 650. The maximum Gasteiger partial charge on any atom is 0.225 e. The van der Waals surface area contributed by atoms with E-state index in [4.69, 9.17) is 0 Å². The molecule has 2 atom stereocenters. The Morgan fingerprint density at radius 3 is 2.32 bits per heavy atom. The van der Waals surface area contributed by atoms with E-state index in [-0.39, 0.29) is 0 Å². The van der Waals surface area contributed by atoms with Crippen LogP contribution in [0.1, 0.15) is 19.3 Å². The molecular weight excluding hydrogens is 274 g/mol. The van der Waals surface area contributed by atoms with Crippen LogP contribution in [0.2, 0.25) is 0 Å². The highest BCUT2D eigenvalue weighted by Gasteiger charge is 2.38. The molecule has 0 amide bonds. The molecule has 114 valence electrons. The zero-order valence-electron chi connectivity index (χ0n) is 13.1. The second-order valence-electron chi connectivity index (χ2n) is 6.56. The molecule has 5 nitrogen and oxygen atoms in total. The predicted molar refractivity (Wildman–Crippen MR) is 88.1 cm³/mol. The summed E-state index contributed by atoms with van der Waals surface area (Å²) in [6, 6.07) is 4.75. The third-order valence-electron chi connectivity index (χ3n) is 4.84. The van der Waals surface area contributed by atoms with Crippen LogP contribution in [0, 0.1) is 5.92 Å². The SMILES string of the molecule is CN(C)c1ccc(-c2cnc(N3CC4CCC3C4)nc2)cn1. The normalized spacial score (nSPS) is 23.1. The Morgan fingerprint density at radius 1 is 1.00 bits per heavy atom. The van der Waals surface area contributed by atoms with Crippen LogP contribution in [0.25, 0.3) is 11.1 Å². The lowest BCUT2D eigenvalue weighted by Crippen LogP contribution is -2.33. The molecule has 4 rings (SSSR count). The number of aromatic nitrogens is 3. The van der Waals surface area contributed by atoms with E-state index >= 15 is 0 Å². The molecule has 5 heteroatoms. The second kappa shape index (κ2) is 5.23. The summed E-state index contributed by atoms with van der Waals surface area (Å²) >= 11 is 0. The number of hydrogen-bond acceptors (Lipinski definition) is 5. The van der Waals surface area contributed by atoms with Gasteiger partial charge >= 0.3 is 0 Å². The van der Waals surface area contributed by atoms with E-state index in [1.165, 1.54) is 19.3 Å². The first-order chi connectivity index (χ1) is 10.7. The van der Waals surface area contributed by atoms with Gasteiger partial charge in [0.25, 0.3) is 0 Å². The highest BCUT2D eigenvalue weighted by atomic mass is 15.3. The van der Waals surface area contributed by atoms with Gasteiger partial charge in [-0.25, -0.2) is 15.0 Å². The Balaban J connectivity index is 1.54. The Kier molecular flexibility index (Phi) is 3.21. The molecule has 1 aliphatic carbocycles. The highest BCUT2D eigenvalue weighted by Crippen LogP contribution is 2.38. The molecule has 22 heavy (non-hydrogen) atoms. The lowest BCUT2D eigenvalue weighted by Gasteiger charge is -2.26. The van der Waals surface area contributed by atoms with E-state index in [0.29, 0.717) is 6.04 Å². The first kappa shape index (κ1) is 13.5. The number of nitrogens with zero attached hydrogens (tertiary/aromatic N) is 5. The van der Waals surface area contributed by atoms with Crippen molar-refractivity contribution in [1.29, 1.82) is 0 Å². The summed E-state index contributed by atoms with van der Waals surface area (Å²) in [6.07, 6.45) is 9.71. The van der Waals surface area contributed by atoms with Crippen LogP contribution in [-0.2, 0) is 0 Å². The van der Waals surface area contributed by atoms with Crippen LogP contribution in [-0.4, -0.2) is 41.6 Å².